The monoisotopic (exact) mass is 552 g/mol. The van der Waals surface area contributed by atoms with E-state index in [1.807, 2.05) is 0 Å². The van der Waals surface area contributed by atoms with Crippen LogP contribution in [0.1, 0.15) is 39.1 Å². The molecule has 10 nitrogen and oxygen atoms in total. The minimum Gasteiger partial charge on any atom is -0.423 e. The lowest BCUT2D eigenvalue weighted by Crippen LogP contribution is -2.26. The molecule has 3 rings (SSSR count). The lowest BCUT2D eigenvalue weighted by atomic mass is 10.2. The van der Waals surface area contributed by atoms with Gasteiger partial charge in [0.05, 0.1) is 16.7 Å². The molecule has 2 N–H and O–H groups in total. The van der Waals surface area contributed by atoms with Crippen LogP contribution in [-0.4, -0.2) is 35.5 Å². The van der Waals surface area contributed by atoms with Gasteiger partial charge in [-0.25, -0.2) is 10.2 Å². The number of benzene rings is 3. The number of hydrogen-bond donors (Lipinski definition) is 2. The van der Waals surface area contributed by atoms with E-state index < -0.39 is 10.9 Å². The molecule has 0 radical (unpaired) electrons. The van der Waals surface area contributed by atoms with E-state index in [2.05, 4.69) is 31.8 Å². The van der Waals surface area contributed by atoms with Gasteiger partial charge in [0.2, 0.25) is 5.91 Å². The molecule has 11 heteroatoms. The largest absolute Gasteiger partial charge is 0.423 e. The first-order valence-electron chi connectivity index (χ1n) is 10.7. The second kappa shape index (κ2) is 12.9. The van der Waals surface area contributed by atoms with Crippen molar-refractivity contribution in [3.05, 3.63) is 104 Å². The predicted octanol–water partition coefficient (Wildman–Crippen LogP) is 4.24. The molecular formula is C25H21BrN4O6. The van der Waals surface area contributed by atoms with Gasteiger partial charge in [-0.05, 0) is 76.4 Å². The first-order chi connectivity index (χ1) is 17.3. The molecule has 3 aromatic carbocycles. The van der Waals surface area contributed by atoms with Crippen molar-refractivity contribution in [1.29, 1.82) is 0 Å². The summed E-state index contributed by atoms with van der Waals surface area (Å²) in [4.78, 5) is 46.3. The molecule has 36 heavy (non-hydrogen) atoms. The number of hydrazone groups is 1. The third-order valence-electron chi connectivity index (χ3n) is 4.79. The maximum absolute atomic E-state index is 12.2. The summed E-state index contributed by atoms with van der Waals surface area (Å²) >= 11 is 3.31. The summed E-state index contributed by atoms with van der Waals surface area (Å²) in [5.41, 5.74) is 3.70. The van der Waals surface area contributed by atoms with Gasteiger partial charge in [0.25, 0.3) is 11.6 Å². The quantitative estimate of drug-likeness (QED) is 0.0962. The minimum atomic E-state index is -0.541. The number of carbonyl (C=O) groups is 3. The number of carbonyl (C=O) groups excluding carboxylic acids is 3. The number of nitro groups is 1. The molecule has 184 valence electrons. The van der Waals surface area contributed by atoms with Crippen LogP contribution in [0.15, 0.2) is 82.4 Å². The molecule has 0 saturated carbocycles. The molecule has 0 atom stereocenters. The number of non-ortho nitro benzene ring substituents is 1. The molecule has 0 aromatic heterocycles. The number of nitrogens with one attached hydrogen (secondary N) is 2. The fraction of sp³-hybridized carbons (Fsp3) is 0.120. The summed E-state index contributed by atoms with van der Waals surface area (Å²) in [5, 5.41) is 17.2. The highest BCUT2D eigenvalue weighted by Crippen LogP contribution is 2.19. The van der Waals surface area contributed by atoms with Gasteiger partial charge in [0.1, 0.15) is 5.75 Å². The zero-order valence-corrected chi connectivity index (χ0v) is 20.4. The molecule has 0 fully saturated rings. The number of nitro benzene ring substituents is 1. The second-order valence-corrected chi connectivity index (χ2v) is 8.25. The van der Waals surface area contributed by atoms with Crippen LogP contribution in [0.4, 0.5) is 5.69 Å². The summed E-state index contributed by atoms with van der Waals surface area (Å²) in [7, 11) is 0. The van der Waals surface area contributed by atoms with E-state index in [4.69, 9.17) is 4.74 Å². The summed E-state index contributed by atoms with van der Waals surface area (Å²) in [6, 6.07) is 18.8. The topological polar surface area (TPSA) is 140 Å². The van der Waals surface area contributed by atoms with Crippen molar-refractivity contribution in [2.75, 3.05) is 6.54 Å². The Balaban J connectivity index is 1.36. The second-order valence-electron chi connectivity index (χ2n) is 7.40. The van der Waals surface area contributed by atoms with Crippen molar-refractivity contribution in [2.24, 2.45) is 5.10 Å². The highest BCUT2D eigenvalue weighted by Gasteiger charge is 2.12. The number of rotatable bonds is 10. The fourth-order valence-electron chi connectivity index (χ4n) is 2.93. The fourth-order valence-corrected chi connectivity index (χ4v) is 3.38. The Morgan fingerprint density at radius 3 is 2.36 bits per heavy atom. The van der Waals surface area contributed by atoms with Crippen LogP contribution in [0.3, 0.4) is 0 Å². The van der Waals surface area contributed by atoms with Crippen molar-refractivity contribution in [2.45, 2.75) is 12.8 Å². The van der Waals surface area contributed by atoms with Gasteiger partial charge in [-0.2, -0.15) is 5.10 Å². The van der Waals surface area contributed by atoms with Crippen molar-refractivity contribution >= 4 is 45.6 Å². The molecule has 0 bridgehead atoms. The Morgan fingerprint density at radius 1 is 1.00 bits per heavy atom. The Morgan fingerprint density at radius 2 is 1.69 bits per heavy atom. The molecular weight excluding hydrogens is 532 g/mol. The standard InChI is InChI=1S/C25H21BrN4O6/c26-22-5-2-1-4-21(22)25(33)36-20-13-7-17(8-14-20)16-28-29-23(31)6-3-15-27-24(32)18-9-11-19(12-10-18)30(34)35/h1-2,4-5,7-14,16H,3,6,15H2,(H,27,32)(H,29,31). The van der Waals surface area contributed by atoms with E-state index in [0.29, 0.717) is 33.3 Å². The Labute approximate surface area is 214 Å². The van der Waals surface area contributed by atoms with E-state index in [0.717, 1.165) is 0 Å². The van der Waals surface area contributed by atoms with Gasteiger partial charge in [-0.1, -0.05) is 12.1 Å². The van der Waals surface area contributed by atoms with Crippen molar-refractivity contribution in [1.82, 2.24) is 10.7 Å². The maximum atomic E-state index is 12.2. The van der Waals surface area contributed by atoms with Crippen LogP contribution >= 0.6 is 15.9 Å². The van der Waals surface area contributed by atoms with Crippen LogP contribution in [0.2, 0.25) is 0 Å². The zero-order valence-electron chi connectivity index (χ0n) is 18.8. The van der Waals surface area contributed by atoms with Crippen LogP contribution in [-0.2, 0) is 4.79 Å². The Hall–Kier alpha value is -4.38. The normalized spacial score (nSPS) is 10.6. The average molecular weight is 553 g/mol. The molecule has 0 unspecified atom stereocenters. The first-order valence-corrected chi connectivity index (χ1v) is 11.5. The van der Waals surface area contributed by atoms with Gasteiger partial charge < -0.3 is 10.1 Å². The highest BCUT2D eigenvalue weighted by atomic mass is 79.9. The Kier molecular flexibility index (Phi) is 9.40. The van der Waals surface area contributed by atoms with E-state index in [1.54, 1.807) is 48.5 Å². The van der Waals surface area contributed by atoms with Gasteiger partial charge in [-0.15, -0.1) is 0 Å². The maximum Gasteiger partial charge on any atom is 0.344 e. The third kappa shape index (κ3) is 7.84. The van der Waals surface area contributed by atoms with Crippen LogP contribution in [0.5, 0.6) is 5.75 Å². The van der Waals surface area contributed by atoms with Gasteiger partial charge in [0.15, 0.2) is 0 Å². The van der Waals surface area contributed by atoms with E-state index in [1.165, 1.54) is 30.5 Å². The minimum absolute atomic E-state index is 0.0976. The predicted molar refractivity (Wildman–Crippen MR) is 136 cm³/mol. The summed E-state index contributed by atoms with van der Waals surface area (Å²) in [5.74, 6) is -0.823. The van der Waals surface area contributed by atoms with Crippen LogP contribution in [0, 0.1) is 10.1 Å². The molecule has 0 aliphatic carbocycles. The molecule has 2 amide bonds. The summed E-state index contributed by atoms with van der Waals surface area (Å²) in [6.07, 6.45) is 1.98. The van der Waals surface area contributed by atoms with Crippen LogP contribution < -0.4 is 15.5 Å². The van der Waals surface area contributed by atoms with Crippen molar-refractivity contribution < 1.29 is 24.0 Å². The number of halogens is 1. The smallest absolute Gasteiger partial charge is 0.344 e. The summed E-state index contributed by atoms with van der Waals surface area (Å²) in [6.45, 7) is 0.257. The highest BCUT2D eigenvalue weighted by molar-refractivity contribution is 9.10. The summed E-state index contributed by atoms with van der Waals surface area (Å²) < 4.78 is 5.99. The first kappa shape index (κ1) is 26.2. The third-order valence-corrected chi connectivity index (χ3v) is 5.49. The van der Waals surface area contributed by atoms with Gasteiger partial charge in [0, 0.05) is 35.1 Å². The van der Waals surface area contributed by atoms with Gasteiger partial charge >= 0.3 is 5.97 Å². The lowest BCUT2D eigenvalue weighted by molar-refractivity contribution is -0.384. The van der Waals surface area contributed by atoms with Gasteiger partial charge in [-0.3, -0.25) is 19.7 Å². The van der Waals surface area contributed by atoms with Crippen LogP contribution in [0.25, 0.3) is 0 Å². The SMILES string of the molecule is O=C(CCCNC(=O)c1ccc([N+](=O)[O-])cc1)NN=Cc1ccc(OC(=O)c2ccccc2Br)cc1. The molecule has 0 heterocycles. The number of esters is 1. The number of nitrogens with zero attached hydrogens (tertiary/aromatic N) is 2. The van der Waals surface area contributed by atoms with E-state index in [-0.39, 0.29) is 30.5 Å². The average Bonchev–Trinajstić information content (AvgIpc) is 2.87. The van der Waals surface area contributed by atoms with Crippen molar-refractivity contribution in [3.63, 3.8) is 0 Å². The molecule has 0 saturated heterocycles. The molecule has 3 aromatic rings. The number of amides is 2. The Bertz CT molecular complexity index is 1280. The molecule has 0 aliphatic heterocycles. The lowest BCUT2D eigenvalue weighted by Gasteiger charge is -2.06. The molecule has 0 spiro atoms. The van der Waals surface area contributed by atoms with E-state index in [9.17, 15) is 24.5 Å². The number of ether oxygens (including phenoxy) is 1. The van der Waals surface area contributed by atoms with E-state index >= 15 is 0 Å². The number of hydrogen-bond acceptors (Lipinski definition) is 7. The molecule has 0 aliphatic rings. The zero-order chi connectivity index (χ0) is 25.9. The van der Waals surface area contributed by atoms with Crippen molar-refractivity contribution in [3.8, 4) is 5.75 Å².